The quantitative estimate of drug-likeness (QED) is 0.599. The lowest BCUT2D eigenvalue weighted by molar-refractivity contribution is 0.0104. The van der Waals surface area contributed by atoms with Crippen molar-refractivity contribution in [3.8, 4) is 0 Å². The van der Waals surface area contributed by atoms with Crippen LogP contribution >= 0.6 is 0 Å². The number of unbranched alkanes of at least 4 members (excludes halogenated alkanes) is 2. The Hall–Kier alpha value is -0.180. The first-order valence-electron chi connectivity index (χ1n) is 3.64. The van der Waals surface area contributed by atoms with Gasteiger partial charge in [0, 0.05) is 6.42 Å². The van der Waals surface area contributed by atoms with Crippen molar-refractivity contribution in [1.29, 1.82) is 0 Å². The van der Waals surface area contributed by atoms with E-state index in [2.05, 4.69) is 0 Å². The minimum atomic E-state index is -2.49. The molecule has 3 heteroatoms. The lowest BCUT2D eigenvalue weighted by Gasteiger charge is -2.08. The van der Waals surface area contributed by atoms with Crippen LogP contribution in [0.4, 0.5) is 8.78 Å². The van der Waals surface area contributed by atoms with Crippen molar-refractivity contribution in [2.24, 2.45) is 5.73 Å². The molecule has 0 aliphatic carbocycles. The van der Waals surface area contributed by atoms with Crippen molar-refractivity contribution < 1.29 is 8.78 Å². The summed E-state index contributed by atoms with van der Waals surface area (Å²) in [5, 5.41) is 0. The lowest BCUT2D eigenvalue weighted by atomic mass is 10.1. The average Bonchev–Trinajstić information content (AvgIpc) is 1.78. The maximum atomic E-state index is 12.1. The molecule has 10 heavy (non-hydrogen) atoms. The van der Waals surface area contributed by atoms with Crippen molar-refractivity contribution in [2.45, 2.75) is 38.5 Å². The first kappa shape index (κ1) is 9.82. The third kappa shape index (κ3) is 7.82. The Bertz CT molecular complexity index is 78.2. The Kier molecular flexibility index (Phi) is 4.52. The summed E-state index contributed by atoms with van der Waals surface area (Å²) in [5.74, 6) is -2.49. The van der Waals surface area contributed by atoms with Gasteiger partial charge in [-0.1, -0.05) is 6.42 Å². The summed E-state index contributed by atoms with van der Waals surface area (Å²) in [6, 6.07) is 0. The third-order valence-corrected chi connectivity index (χ3v) is 1.32. The summed E-state index contributed by atoms with van der Waals surface area (Å²) in [6.07, 6.45) is 2.25. The molecule has 0 amide bonds. The van der Waals surface area contributed by atoms with E-state index >= 15 is 0 Å². The first-order valence-corrected chi connectivity index (χ1v) is 3.64. The SMILES string of the molecule is CC(F)(F)CCCCCN. The number of halogens is 2. The van der Waals surface area contributed by atoms with Crippen LogP contribution in [0, 0.1) is 0 Å². The van der Waals surface area contributed by atoms with Crippen molar-refractivity contribution in [3.05, 3.63) is 0 Å². The average molecular weight is 151 g/mol. The van der Waals surface area contributed by atoms with Gasteiger partial charge in [-0.2, -0.15) is 0 Å². The van der Waals surface area contributed by atoms with Crippen LogP contribution in [0.25, 0.3) is 0 Å². The first-order chi connectivity index (χ1) is 4.56. The Morgan fingerprint density at radius 2 is 1.80 bits per heavy atom. The van der Waals surface area contributed by atoms with Crippen molar-refractivity contribution in [1.82, 2.24) is 0 Å². The van der Waals surface area contributed by atoms with Gasteiger partial charge in [-0.05, 0) is 26.3 Å². The number of alkyl halides is 2. The summed E-state index contributed by atoms with van der Waals surface area (Å²) >= 11 is 0. The monoisotopic (exact) mass is 151 g/mol. The predicted molar refractivity (Wildman–Crippen MR) is 38.1 cm³/mol. The van der Waals surface area contributed by atoms with Crippen LogP contribution in [0.2, 0.25) is 0 Å². The zero-order chi connectivity index (χ0) is 8.04. The molecule has 1 nitrogen and oxygen atoms in total. The molecule has 0 heterocycles. The minimum absolute atomic E-state index is 0.00694. The maximum absolute atomic E-state index is 12.1. The van der Waals surface area contributed by atoms with E-state index in [4.69, 9.17) is 5.73 Å². The van der Waals surface area contributed by atoms with Gasteiger partial charge >= 0.3 is 0 Å². The zero-order valence-electron chi connectivity index (χ0n) is 6.37. The summed E-state index contributed by atoms with van der Waals surface area (Å²) in [4.78, 5) is 0. The normalized spacial score (nSPS) is 12.0. The molecule has 0 fully saturated rings. The van der Waals surface area contributed by atoms with E-state index in [1.807, 2.05) is 0 Å². The number of hydrogen-bond donors (Lipinski definition) is 1. The Morgan fingerprint density at radius 1 is 1.20 bits per heavy atom. The van der Waals surface area contributed by atoms with Crippen LogP contribution < -0.4 is 5.73 Å². The van der Waals surface area contributed by atoms with Crippen LogP contribution in [0.3, 0.4) is 0 Å². The maximum Gasteiger partial charge on any atom is 0.245 e. The van der Waals surface area contributed by atoms with E-state index < -0.39 is 5.92 Å². The predicted octanol–water partition coefficient (Wildman–Crippen LogP) is 2.16. The largest absolute Gasteiger partial charge is 0.330 e. The van der Waals surface area contributed by atoms with E-state index in [1.54, 1.807) is 0 Å². The van der Waals surface area contributed by atoms with Crippen LogP contribution in [-0.2, 0) is 0 Å². The summed E-state index contributed by atoms with van der Waals surface area (Å²) < 4.78 is 24.2. The highest BCUT2D eigenvalue weighted by Crippen LogP contribution is 2.19. The summed E-state index contributed by atoms with van der Waals surface area (Å²) in [5.41, 5.74) is 5.19. The minimum Gasteiger partial charge on any atom is -0.330 e. The molecule has 0 saturated carbocycles. The van der Waals surface area contributed by atoms with E-state index in [-0.39, 0.29) is 6.42 Å². The van der Waals surface area contributed by atoms with Crippen LogP contribution in [0.5, 0.6) is 0 Å². The zero-order valence-corrected chi connectivity index (χ0v) is 6.37. The molecular formula is C7H15F2N. The topological polar surface area (TPSA) is 26.0 Å². The van der Waals surface area contributed by atoms with Gasteiger partial charge in [-0.3, -0.25) is 0 Å². The van der Waals surface area contributed by atoms with Crippen LogP contribution in [0.1, 0.15) is 32.6 Å². The Labute approximate surface area is 60.6 Å². The molecule has 0 aliphatic heterocycles. The van der Waals surface area contributed by atoms with Gasteiger partial charge in [0.2, 0.25) is 5.92 Å². The molecule has 0 atom stereocenters. The molecule has 0 aromatic rings. The van der Waals surface area contributed by atoms with Gasteiger partial charge in [0.15, 0.2) is 0 Å². The molecule has 0 radical (unpaired) electrons. The number of rotatable bonds is 5. The standard InChI is InChI=1S/C7H15F2N/c1-7(8,9)5-3-2-4-6-10/h2-6,10H2,1H3. The molecule has 0 aromatic heterocycles. The molecule has 0 aliphatic rings. The molecule has 0 saturated heterocycles. The van der Waals surface area contributed by atoms with Gasteiger partial charge in [-0.25, -0.2) is 8.78 Å². The van der Waals surface area contributed by atoms with E-state index in [0.29, 0.717) is 13.0 Å². The van der Waals surface area contributed by atoms with E-state index in [9.17, 15) is 8.78 Å². The van der Waals surface area contributed by atoms with Gasteiger partial charge in [0.05, 0.1) is 0 Å². The highest BCUT2D eigenvalue weighted by atomic mass is 19.3. The molecule has 62 valence electrons. The van der Waals surface area contributed by atoms with Crippen LogP contribution in [0.15, 0.2) is 0 Å². The van der Waals surface area contributed by atoms with E-state index in [1.165, 1.54) is 0 Å². The third-order valence-electron chi connectivity index (χ3n) is 1.32. The highest BCUT2D eigenvalue weighted by Gasteiger charge is 2.19. The lowest BCUT2D eigenvalue weighted by Crippen LogP contribution is -2.09. The highest BCUT2D eigenvalue weighted by molar-refractivity contribution is 4.57. The van der Waals surface area contributed by atoms with Crippen molar-refractivity contribution in [2.75, 3.05) is 6.54 Å². The van der Waals surface area contributed by atoms with Gasteiger partial charge in [-0.15, -0.1) is 0 Å². The molecule has 0 unspecified atom stereocenters. The second-order valence-corrected chi connectivity index (χ2v) is 2.67. The van der Waals surface area contributed by atoms with Gasteiger partial charge in [0.25, 0.3) is 0 Å². The molecule has 2 N–H and O–H groups in total. The Balaban J connectivity index is 3.04. The smallest absolute Gasteiger partial charge is 0.245 e. The van der Waals surface area contributed by atoms with Gasteiger partial charge in [0.1, 0.15) is 0 Å². The van der Waals surface area contributed by atoms with Crippen molar-refractivity contribution >= 4 is 0 Å². The number of nitrogens with two attached hydrogens (primary N) is 1. The molecular weight excluding hydrogens is 136 g/mol. The van der Waals surface area contributed by atoms with Crippen LogP contribution in [-0.4, -0.2) is 12.5 Å². The Morgan fingerprint density at radius 3 is 2.20 bits per heavy atom. The second-order valence-electron chi connectivity index (χ2n) is 2.67. The molecule has 0 rings (SSSR count). The second kappa shape index (κ2) is 4.61. The fraction of sp³-hybridized carbons (Fsp3) is 1.00. The van der Waals surface area contributed by atoms with Crippen molar-refractivity contribution in [3.63, 3.8) is 0 Å². The molecule has 0 aromatic carbocycles. The molecule has 0 bridgehead atoms. The fourth-order valence-electron chi connectivity index (χ4n) is 0.757. The van der Waals surface area contributed by atoms with E-state index in [0.717, 1.165) is 19.8 Å². The number of hydrogen-bond acceptors (Lipinski definition) is 1. The summed E-state index contributed by atoms with van der Waals surface area (Å²) in [6.45, 7) is 1.56. The van der Waals surface area contributed by atoms with Gasteiger partial charge < -0.3 is 5.73 Å². The fourth-order valence-corrected chi connectivity index (χ4v) is 0.757. The molecule has 0 spiro atoms. The summed E-state index contributed by atoms with van der Waals surface area (Å²) in [7, 11) is 0.